The van der Waals surface area contributed by atoms with Gasteiger partial charge in [-0.05, 0) is 133 Å². The van der Waals surface area contributed by atoms with Crippen LogP contribution in [-0.4, -0.2) is 0 Å². The Hall–Kier alpha value is -9.18. The summed E-state index contributed by atoms with van der Waals surface area (Å²) in [5, 5.41) is 4.17. The molecule has 2 heterocycles. The number of rotatable bonds is 7. The van der Waals surface area contributed by atoms with Crippen molar-refractivity contribution in [2.45, 2.75) is 24.7 Å². The molecule has 0 unspecified atom stereocenters. The van der Waals surface area contributed by atoms with Gasteiger partial charge < -0.3 is 13.7 Å². The molecule has 11 aromatic carbocycles. The molecular formula is C70H47NO2. The van der Waals surface area contributed by atoms with Crippen molar-refractivity contribution in [1.29, 1.82) is 0 Å². The Labute approximate surface area is 423 Å². The van der Waals surface area contributed by atoms with Crippen LogP contribution in [0.5, 0.6) is 0 Å². The third-order valence-electron chi connectivity index (χ3n) is 16.1. The topological polar surface area (TPSA) is 29.5 Å². The Kier molecular flexibility index (Phi) is 8.92. The van der Waals surface area contributed by atoms with Crippen LogP contribution in [-0.2, 0) is 10.8 Å². The van der Waals surface area contributed by atoms with E-state index >= 15 is 0 Å². The zero-order valence-corrected chi connectivity index (χ0v) is 40.4. The lowest BCUT2D eigenvalue weighted by Crippen LogP contribution is -2.28. The smallest absolute Gasteiger partial charge is 0.144 e. The summed E-state index contributed by atoms with van der Waals surface area (Å²) in [4.78, 5) is 2.43. The second-order valence-corrected chi connectivity index (χ2v) is 20.3. The summed E-state index contributed by atoms with van der Waals surface area (Å²) in [7, 11) is 0. The van der Waals surface area contributed by atoms with E-state index in [1.54, 1.807) is 0 Å². The molecule has 0 spiro atoms. The molecule has 0 saturated heterocycles. The van der Waals surface area contributed by atoms with E-state index in [1.165, 1.54) is 61.2 Å². The van der Waals surface area contributed by atoms with Gasteiger partial charge >= 0.3 is 0 Å². The van der Waals surface area contributed by atoms with E-state index in [9.17, 15) is 0 Å². The first-order valence-electron chi connectivity index (χ1n) is 25.3. The summed E-state index contributed by atoms with van der Waals surface area (Å²) in [6.07, 6.45) is 0. The second-order valence-electron chi connectivity index (χ2n) is 20.3. The van der Waals surface area contributed by atoms with Crippen LogP contribution in [0.2, 0.25) is 0 Å². The summed E-state index contributed by atoms with van der Waals surface area (Å²) in [6, 6.07) is 90.9. The largest absolute Gasteiger partial charge is 0.456 e. The van der Waals surface area contributed by atoms with Crippen molar-refractivity contribution in [3.63, 3.8) is 0 Å². The summed E-state index contributed by atoms with van der Waals surface area (Å²) < 4.78 is 14.0. The van der Waals surface area contributed by atoms with Crippen molar-refractivity contribution in [3.05, 3.63) is 282 Å². The lowest BCUT2D eigenvalue weighted by atomic mass is 9.67. The molecule has 2 aliphatic rings. The summed E-state index contributed by atoms with van der Waals surface area (Å²) in [5.74, 6) is 0. The predicted molar refractivity (Wildman–Crippen MR) is 301 cm³/mol. The number of hydrogen-bond donors (Lipinski definition) is 0. The van der Waals surface area contributed by atoms with Gasteiger partial charge in [0.05, 0.1) is 5.41 Å². The molecule has 0 radical (unpaired) electrons. The lowest BCUT2D eigenvalue weighted by Gasteiger charge is -2.35. The quantitative estimate of drug-likeness (QED) is 0.159. The van der Waals surface area contributed by atoms with Gasteiger partial charge in [0.15, 0.2) is 0 Å². The third kappa shape index (κ3) is 6.00. The number of nitrogens with zero attached hydrogens (tertiary/aromatic N) is 1. The van der Waals surface area contributed by atoms with Crippen molar-refractivity contribution >= 4 is 60.9 Å². The lowest BCUT2D eigenvalue weighted by molar-refractivity contribution is 0.660. The van der Waals surface area contributed by atoms with Crippen molar-refractivity contribution in [2.24, 2.45) is 0 Å². The van der Waals surface area contributed by atoms with Gasteiger partial charge in [0.25, 0.3) is 0 Å². The van der Waals surface area contributed by atoms with Gasteiger partial charge in [0, 0.05) is 49.6 Å². The van der Waals surface area contributed by atoms with Gasteiger partial charge in [0.1, 0.15) is 22.3 Å². The molecule has 0 fully saturated rings. The van der Waals surface area contributed by atoms with E-state index in [0.29, 0.717) is 0 Å². The number of para-hydroxylation sites is 1. The Morgan fingerprint density at radius 3 is 1.68 bits per heavy atom. The minimum atomic E-state index is -0.559. The van der Waals surface area contributed by atoms with Crippen LogP contribution in [0.15, 0.2) is 258 Å². The fourth-order valence-corrected chi connectivity index (χ4v) is 12.9. The maximum absolute atomic E-state index is 7.18. The van der Waals surface area contributed by atoms with Crippen molar-refractivity contribution < 1.29 is 8.83 Å². The van der Waals surface area contributed by atoms with Gasteiger partial charge in [-0.2, -0.15) is 0 Å². The van der Waals surface area contributed by atoms with Crippen LogP contribution in [0.25, 0.3) is 88.4 Å². The van der Waals surface area contributed by atoms with E-state index < -0.39 is 5.41 Å². The molecule has 0 N–H and O–H groups in total. The van der Waals surface area contributed by atoms with Crippen molar-refractivity contribution in [2.75, 3.05) is 4.90 Å². The van der Waals surface area contributed by atoms with Crippen LogP contribution in [0.1, 0.15) is 47.2 Å². The fourth-order valence-electron chi connectivity index (χ4n) is 12.9. The molecule has 0 atom stereocenters. The molecular weight excluding hydrogens is 887 g/mol. The molecule has 0 saturated carbocycles. The third-order valence-corrected chi connectivity index (χ3v) is 16.1. The van der Waals surface area contributed by atoms with Gasteiger partial charge in [-0.15, -0.1) is 0 Å². The van der Waals surface area contributed by atoms with E-state index in [0.717, 1.165) is 77.6 Å². The molecule has 3 nitrogen and oxygen atoms in total. The molecule has 0 bridgehead atoms. The van der Waals surface area contributed by atoms with Crippen LogP contribution in [0.3, 0.4) is 0 Å². The Bertz CT molecular complexity index is 4310. The average molecular weight is 934 g/mol. The van der Waals surface area contributed by atoms with E-state index in [2.05, 4.69) is 261 Å². The van der Waals surface area contributed by atoms with Crippen LogP contribution >= 0.6 is 0 Å². The zero-order valence-electron chi connectivity index (χ0n) is 40.4. The first-order valence-corrected chi connectivity index (χ1v) is 25.3. The monoisotopic (exact) mass is 933 g/mol. The highest BCUT2D eigenvalue weighted by Crippen LogP contribution is 2.58. The van der Waals surface area contributed by atoms with E-state index in [4.69, 9.17) is 8.83 Å². The standard InChI is InChI=1S/C70H47NO2/c1-69(2)59-30-15-12-27-52(59)54-36-33-46(40-61(54)69)66-67-56-29-14-17-32-63(56)72-65(67)43-58-57-41-50(35-38-64(57)73-68(58)66)71(49-26-18-21-45(39-49)44-19-6-3-7-20-44)51-34-37-55-53-28-13-16-31-60(53)70(62(55)42-51,47-22-8-4-9-23-47)48-24-10-5-11-25-48/h3-43H,1-2H3. The Balaban J connectivity index is 0.979. The molecule has 2 aliphatic carbocycles. The van der Waals surface area contributed by atoms with E-state index in [1.807, 2.05) is 6.07 Å². The van der Waals surface area contributed by atoms with Crippen LogP contribution in [0, 0.1) is 0 Å². The highest BCUT2D eigenvalue weighted by molar-refractivity contribution is 6.24. The number of fused-ring (bicyclic) bond motifs is 12. The van der Waals surface area contributed by atoms with Gasteiger partial charge in [-0.25, -0.2) is 0 Å². The maximum atomic E-state index is 7.18. The molecule has 0 aliphatic heterocycles. The van der Waals surface area contributed by atoms with Gasteiger partial charge in [0.2, 0.25) is 0 Å². The van der Waals surface area contributed by atoms with Crippen molar-refractivity contribution in [3.8, 4) is 44.5 Å². The number of hydrogen-bond acceptors (Lipinski definition) is 3. The number of furan rings is 2. The predicted octanol–water partition coefficient (Wildman–Crippen LogP) is 19.0. The van der Waals surface area contributed by atoms with Crippen LogP contribution in [0.4, 0.5) is 17.1 Å². The zero-order chi connectivity index (χ0) is 48.4. The highest BCUT2D eigenvalue weighted by Gasteiger charge is 2.46. The van der Waals surface area contributed by atoms with Gasteiger partial charge in [-0.3, -0.25) is 0 Å². The molecule has 15 rings (SSSR count). The van der Waals surface area contributed by atoms with Crippen LogP contribution < -0.4 is 4.90 Å². The SMILES string of the molecule is CC1(C)c2ccccc2-c2ccc(-c3c4oc5ccc(N(c6cccc(-c7ccccc7)c6)c6ccc7c(c6)C(c6ccccc6)(c6ccccc6)c6ccccc6-7)cc5c4cc4oc5ccccc5c34)cc21. The molecule has 0 amide bonds. The molecule has 2 aromatic heterocycles. The molecule has 3 heteroatoms. The Morgan fingerprint density at radius 2 is 0.904 bits per heavy atom. The maximum Gasteiger partial charge on any atom is 0.144 e. The summed E-state index contributed by atoms with van der Waals surface area (Å²) in [5.41, 5.74) is 23.0. The average Bonchev–Trinajstić information content (AvgIpc) is 4.16. The number of benzene rings is 11. The first-order chi connectivity index (χ1) is 35.9. The second kappa shape index (κ2) is 15.7. The first kappa shape index (κ1) is 41.6. The van der Waals surface area contributed by atoms with Crippen molar-refractivity contribution in [1.82, 2.24) is 0 Å². The molecule has 13 aromatic rings. The molecule has 73 heavy (non-hydrogen) atoms. The van der Waals surface area contributed by atoms with Gasteiger partial charge in [-0.1, -0.05) is 202 Å². The minimum Gasteiger partial charge on any atom is -0.456 e. The van der Waals surface area contributed by atoms with E-state index in [-0.39, 0.29) is 5.41 Å². The summed E-state index contributed by atoms with van der Waals surface area (Å²) >= 11 is 0. The minimum absolute atomic E-state index is 0.167. The normalized spacial score (nSPS) is 13.8. The fraction of sp³-hybridized carbons (Fsp3) is 0.0571. The summed E-state index contributed by atoms with van der Waals surface area (Å²) in [6.45, 7) is 4.69. The molecule has 344 valence electrons. The Morgan fingerprint density at radius 1 is 0.329 bits per heavy atom. The number of anilines is 3. The highest BCUT2D eigenvalue weighted by atomic mass is 16.3.